The Balaban J connectivity index is 2.03. The number of allylic oxidation sites excluding steroid dienone is 1. The normalized spacial score (nSPS) is 11.1. The number of hydrogen-bond donors (Lipinski definition) is 2. The van der Waals surface area contributed by atoms with Crippen molar-refractivity contribution in [1.29, 1.82) is 0 Å². The maximum absolute atomic E-state index is 11.8. The Morgan fingerprint density at radius 3 is 3.00 bits per heavy atom. The van der Waals surface area contributed by atoms with E-state index in [9.17, 15) is 4.79 Å². The lowest BCUT2D eigenvalue weighted by Crippen LogP contribution is -2.24. The van der Waals surface area contributed by atoms with Gasteiger partial charge in [0.25, 0.3) is 5.91 Å². The molecule has 17 heavy (non-hydrogen) atoms. The van der Waals surface area contributed by atoms with Gasteiger partial charge < -0.3 is 10.3 Å². The molecule has 1 heterocycles. The van der Waals surface area contributed by atoms with Gasteiger partial charge in [0.05, 0.1) is 0 Å². The highest BCUT2D eigenvalue weighted by molar-refractivity contribution is 5.97. The van der Waals surface area contributed by atoms with E-state index in [1.807, 2.05) is 49.4 Å². The third-order valence-electron chi connectivity index (χ3n) is 2.61. The molecule has 2 rings (SSSR count). The van der Waals surface area contributed by atoms with Gasteiger partial charge in [-0.25, -0.2) is 0 Å². The van der Waals surface area contributed by atoms with Gasteiger partial charge in [0.15, 0.2) is 0 Å². The molecule has 0 aliphatic rings. The van der Waals surface area contributed by atoms with E-state index in [1.54, 1.807) is 0 Å². The van der Waals surface area contributed by atoms with E-state index in [0.29, 0.717) is 12.2 Å². The van der Waals surface area contributed by atoms with Gasteiger partial charge in [0.1, 0.15) is 5.69 Å². The SMILES string of the molecule is C/C=C/CCNC(=O)c1cc2ccccc2[nH]1. The summed E-state index contributed by atoms with van der Waals surface area (Å²) in [6, 6.07) is 9.74. The van der Waals surface area contributed by atoms with Crippen LogP contribution >= 0.6 is 0 Å². The summed E-state index contributed by atoms with van der Waals surface area (Å²) >= 11 is 0. The minimum Gasteiger partial charge on any atom is -0.351 e. The molecule has 0 radical (unpaired) electrons. The van der Waals surface area contributed by atoms with Gasteiger partial charge in [0.2, 0.25) is 0 Å². The first-order valence-electron chi connectivity index (χ1n) is 5.78. The summed E-state index contributed by atoms with van der Waals surface area (Å²) in [5, 5.41) is 3.93. The van der Waals surface area contributed by atoms with Gasteiger partial charge in [-0.05, 0) is 25.5 Å². The topological polar surface area (TPSA) is 44.9 Å². The van der Waals surface area contributed by atoms with Crippen molar-refractivity contribution in [2.75, 3.05) is 6.54 Å². The van der Waals surface area contributed by atoms with Gasteiger partial charge >= 0.3 is 0 Å². The monoisotopic (exact) mass is 228 g/mol. The van der Waals surface area contributed by atoms with Crippen LogP contribution in [0.4, 0.5) is 0 Å². The third kappa shape index (κ3) is 2.75. The van der Waals surface area contributed by atoms with Crippen LogP contribution in [0, 0.1) is 0 Å². The lowest BCUT2D eigenvalue weighted by molar-refractivity contribution is 0.0950. The number of H-pyrrole nitrogens is 1. The molecule has 0 bridgehead atoms. The molecule has 3 nitrogen and oxygen atoms in total. The van der Waals surface area contributed by atoms with E-state index in [-0.39, 0.29) is 5.91 Å². The molecule has 2 N–H and O–H groups in total. The Kier molecular flexibility index (Phi) is 3.60. The fraction of sp³-hybridized carbons (Fsp3) is 0.214. The number of nitrogens with one attached hydrogen (secondary N) is 2. The number of carbonyl (C=O) groups excluding carboxylic acids is 1. The Morgan fingerprint density at radius 1 is 1.41 bits per heavy atom. The fourth-order valence-corrected chi connectivity index (χ4v) is 1.73. The van der Waals surface area contributed by atoms with E-state index in [1.165, 1.54) is 0 Å². The molecular formula is C14H16N2O. The highest BCUT2D eigenvalue weighted by Gasteiger charge is 2.07. The molecule has 0 aliphatic heterocycles. The minimum absolute atomic E-state index is 0.0503. The number of benzene rings is 1. The van der Waals surface area contributed by atoms with Crippen LogP contribution < -0.4 is 5.32 Å². The van der Waals surface area contributed by atoms with Crippen molar-refractivity contribution in [2.45, 2.75) is 13.3 Å². The molecule has 1 aromatic carbocycles. The minimum atomic E-state index is -0.0503. The second kappa shape index (κ2) is 5.34. The molecule has 0 fully saturated rings. The number of amides is 1. The molecule has 88 valence electrons. The van der Waals surface area contributed by atoms with Crippen molar-refractivity contribution in [3.05, 3.63) is 48.2 Å². The second-order valence-electron chi connectivity index (χ2n) is 3.88. The fourth-order valence-electron chi connectivity index (χ4n) is 1.73. The zero-order valence-corrected chi connectivity index (χ0v) is 9.86. The number of carbonyl (C=O) groups is 1. The number of hydrogen-bond acceptors (Lipinski definition) is 1. The predicted molar refractivity (Wildman–Crippen MR) is 70.1 cm³/mol. The molecule has 0 saturated heterocycles. The highest BCUT2D eigenvalue weighted by Crippen LogP contribution is 2.14. The summed E-state index contributed by atoms with van der Waals surface area (Å²) in [6.07, 6.45) is 4.88. The van der Waals surface area contributed by atoms with Gasteiger partial charge in [-0.15, -0.1) is 0 Å². The van der Waals surface area contributed by atoms with Crippen LogP contribution in [-0.4, -0.2) is 17.4 Å². The van der Waals surface area contributed by atoms with Crippen molar-refractivity contribution in [2.24, 2.45) is 0 Å². The van der Waals surface area contributed by atoms with Gasteiger partial charge in [-0.2, -0.15) is 0 Å². The van der Waals surface area contributed by atoms with Crippen molar-refractivity contribution >= 4 is 16.8 Å². The number of fused-ring (bicyclic) bond motifs is 1. The largest absolute Gasteiger partial charge is 0.351 e. The summed E-state index contributed by atoms with van der Waals surface area (Å²) in [6.45, 7) is 2.64. The highest BCUT2D eigenvalue weighted by atomic mass is 16.1. The molecular weight excluding hydrogens is 212 g/mol. The van der Waals surface area contributed by atoms with Gasteiger partial charge in [-0.3, -0.25) is 4.79 Å². The molecule has 2 aromatic rings. The average molecular weight is 228 g/mol. The molecule has 0 atom stereocenters. The van der Waals surface area contributed by atoms with E-state index < -0.39 is 0 Å². The summed E-state index contributed by atoms with van der Waals surface area (Å²) in [4.78, 5) is 14.9. The van der Waals surface area contributed by atoms with Crippen molar-refractivity contribution in [1.82, 2.24) is 10.3 Å². The van der Waals surface area contributed by atoms with Crippen LogP contribution in [0.25, 0.3) is 10.9 Å². The van der Waals surface area contributed by atoms with Crippen molar-refractivity contribution in [3.63, 3.8) is 0 Å². The lowest BCUT2D eigenvalue weighted by Gasteiger charge is -2.00. The summed E-state index contributed by atoms with van der Waals surface area (Å²) in [5.74, 6) is -0.0503. The maximum atomic E-state index is 11.8. The van der Waals surface area contributed by atoms with E-state index in [2.05, 4.69) is 10.3 Å². The van der Waals surface area contributed by atoms with Crippen LogP contribution in [0.15, 0.2) is 42.5 Å². The first-order valence-corrected chi connectivity index (χ1v) is 5.78. The maximum Gasteiger partial charge on any atom is 0.267 e. The first-order chi connectivity index (χ1) is 8.31. The molecule has 0 aliphatic carbocycles. The zero-order valence-electron chi connectivity index (χ0n) is 9.86. The molecule has 1 aromatic heterocycles. The molecule has 3 heteroatoms. The van der Waals surface area contributed by atoms with E-state index >= 15 is 0 Å². The molecule has 0 saturated carbocycles. The molecule has 0 spiro atoms. The Morgan fingerprint density at radius 2 is 2.24 bits per heavy atom. The summed E-state index contributed by atoms with van der Waals surface area (Å²) < 4.78 is 0. The van der Waals surface area contributed by atoms with E-state index in [0.717, 1.165) is 17.3 Å². The number of rotatable bonds is 4. The number of aromatic nitrogens is 1. The standard InChI is InChI=1S/C14H16N2O/c1-2-3-6-9-15-14(17)13-10-11-7-4-5-8-12(11)16-13/h2-5,7-8,10,16H,6,9H2,1H3,(H,15,17)/b3-2+. The average Bonchev–Trinajstić information content (AvgIpc) is 2.78. The smallest absolute Gasteiger partial charge is 0.267 e. The van der Waals surface area contributed by atoms with Crippen LogP contribution in [0.2, 0.25) is 0 Å². The lowest BCUT2D eigenvalue weighted by atomic mass is 10.2. The Bertz CT molecular complexity index is 507. The zero-order chi connectivity index (χ0) is 12.1. The number of para-hydroxylation sites is 1. The van der Waals surface area contributed by atoms with Crippen LogP contribution in [0.5, 0.6) is 0 Å². The Hall–Kier alpha value is -2.03. The van der Waals surface area contributed by atoms with Crippen LogP contribution in [-0.2, 0) is 0 Å². The summed E-state index contributed by atoms with van der Waals surface area (Å²) in [5.41, 5.74) is 1.61. The Labute approximate surface area is 101 Å². The number of aromatic amines is 1. The van der Waals surface area contributed by atoms with E-state index in [4.69, 9.17) is 0 Å². The summed E-state index contributed by atoms with van der Waals surface area (Å²) in [7, 11) is 0. The predicted octanol–water partition coefficient (Wildman–Crippen LogP) is 2.86. The van der Waals surface area contributed by atoms with Crippen molar-refractivity contribution < 1.29 is 4.79 Å². The first kappa shape index (κ1) is 11.5. The van der Waals surface area contributed by atoms with Gasteiger partial charge in [-0.1, -0.05) is 30.4 Å². The van der Waals surface area contributed by atoms with Gasteiger partial charge in [0, 0.05) is 17.4 Å². The second-order valence-corrected chi connectivity index (χ2v) is 3.88. The quantitative estimate of drug-likeness (QED) is 0.613. The van der Waals surface area contributed by atoms with Crippen LogP contribution in [0.3, 0.4) is 0 Å². The third-order valence-corrected chi connectivity index (χ3v) is 2.61. The molecule has 1 amide bonds. The van der Waals surface area contributed by atoms with Crippen molar-refractivity contribution in [3.8, 4) is 0 Å². The molecule has 0 unspecified atom stereocenters. The van der Waals surface area contributed by atoms with Crippen LogP contribution in [0.1, 0.15) is 23.8 Å².